The maximum atomic E-state index is 10.9. The van der Waals surface area contributed by atoms with Crippen LogP contribution in [0.15, 0.2) is 6.07 Å². The third kappa shape index (κ3) is 1.57. The average Bonchev–Trinajstić information content (AvgIpc) is 2.66. The lowest BCUT2D eigenvalue weighted by Gasteiger charge is -2.13. The summed E-state index contributed by atoms with van der Waals surface area (Å²) in [5.41, 5.74) is -0.103. The zero-order valence-electron chi connectivity index (χ0n) is 9.41. The maximum absolute atomic E-state index is 10.9. The molecule has 4 nitrogen and oxygen atoms in total. The molecule has 2 rings (SSSR count). The van der Waals surface area contributed by atoms with Gasteiger partial charge in [0.25, 0.3) is 0 Å². The highest BCUT2D eigenvalue weighted by atomic mass is 35.5. The van der Waals surface area contributed by atoms with Crippen molar-refractivity contribution >= 4 is 17.6 Å². The zero-order chi connectivity index (χ0) is 12.1. The largest absolute Gasteiger partial charge is 0.477 e. The van der Waals surface area contributed by atoms with Crippen molar-refractivity contribution in [3.05, 3.63) is 22.7 Å². The van der Waals surface area contributed by atoms with E-state index >= 15 is 0 Å². The Bertz CT molecular complexity index is 473. The molecule has 0 radical (unpaired) electrons. The Labute approximate surface area is 98.7 Å². The molecule has 1 saturated carbocycles. The van der Waals surface area contributed by atoms with Crippen LogP contribution in [0.4, 0.5) is 0 Å². The fourth-order valence-corrected chi connectivity index (χ4v) is 2.18. The Balaban J connectivity index is 2.48. The number of hydrogen-bond donors (Lipinski definition) is 1. The zero-order valence-corrected chi connectivity index (χ0v) is 10.2. The molecule has 86 valence electrons. The molecular weight excluding hydrogens is 228 g/mol. The number of aromatic nitrogens is 2. The predicted octanol–water partition coefficient (Wildman–Crippen LogP) is 2.52. The summed E-state index contributed by atoms with van der Waals surface area (Å²) < 4.78 is 0. The summed E-state index contributed by atoms with van der Waals surface area (Å²) in [5, 5.41) is 9.09. The highest BCUT2D eigenvalue weighted by molar-refractivity contribution is 6.29. The lowest BCUT2D eigenvalue weighted by molar-refractivity contribution is 0.0689. The van der Waals surface area contributed by atoms with Crippen LogP contribution in [-0.2, 0) is 5.41 Å². The monoisotopic (exact) mass is 240 g/mol. The van der Waals surface area contributed by atoms with E-state index in [-0.39, 0.29) is 21.7 Å². The third-order valence-corrected chi connectivity index (χ3v) is 3.77. The first-order valence-electron chi connectivity index (χ1n) is 5.05. The third-order valence-electron chi connectivity index (χ3n) is 3.57. The SMILES string of the molecule is CC1(C)CC1(C)c1nc(Cl)cc(C(=O)O)n1. The van der Waals surface area contributed by atoms with Crippen LogP contribution in [-0.4, -0.2) is 21.0 Å². The molecule has 0 amide bonds. The van der Waals surface area contributed by atoms with E-state index in [1.54, 1.807) is 0 Å². The molecule has 0 saturated heterocycles. The Morgan fingerprint density at radius 2 is 2.00 bits per heavy atom. The van der Waals surface area contributed by atoms with E-state index in [1.165, 1.54) is 6.07 Å². The minimum absolute atomic E-state index is 0.0427. The van der Waals surface area contributed by atoms with E-state index in [4.69, 9.17) is 16.7 Å². The molecule has 0 aliphatic heterocycles. The number of carbonyl (C=O) groups is 1. The van der Waals surface area contributed by atoms with E-state index in [0.717, 1.165) is 6.42 Å². The van der Waals surface area contributed by atoms with Crippen molar-refractivity contribution in [2.24, 2.45) is 5.41 Å². The fourth-order valence-electron chi connectivity index (χ4n) is 2.00. The van der Waals surface area contributed by atoms with Crippen LogP contribution in [0.2, 0.25) is 5.15 Å². The number of hydrogen-bond acceptors (Lipinski definition) is 3. The second kappa shape index (κ2) is 3.17. The first kappa shape index (κ1) is 11.3. The lowest BCUT2D eigenvalue weighted by Crippen LogP contribution is -2.16. The molecule has 1 aromatic heterocycles. The van der Waals surface area contributed by atoms with Crippen molar-refractivity contribution in [2.75, 3.05) is 0 Å². The highest BCUT2D eigenvalue weighted by Gasteiger charge is 2.60. The summed E-state index contributed by atoms with van der Waals surface area (Å²) in [5.74, 6) is -0.546. The molecule has 0 bridgehead atoms. The van der Waals surface area contributed by atoms with Crippen molar-refractivity contribution in [2.45, 2.75) is 32.6 Å². The van der Waals surface area contributed by atoms with Crippen molar-refractivity contribution in [1.82, 2.24) is 9.97 Å². The molecule has 1 N–H and O–H groups in total. The quantitative estimate of drug-likeness (QED) is 0.807. The van der Waals surface area contributed by atoms with Crippen LogP contribution in [0.1, 0.15) is 43.5 Å². The number of carboxylic acid groups (broad SMARTS) is 1. The standard InChI is InChI=1S/C11H13ClN2O2/c1-10(2)5-11(10,3)9-13-6(8(15)16)4-7(12)14-9/h4H,5H2,1-3H3,(H,15,16). The van der Waals surface area contributed by atoms with Gasteiger partial charge < -0.3 is 5.11 Å². The number of nitrogens with zero attached hydrogens (tertiary/aromatic N) is 2. The van der Waals surface area contributed by atoms with Gasteiger partial charge in [0.2, 0.25) is 0 Å². The number of aromatic carboxylic acids is 1. The second-order valence-corrected chi connectivity index (χ2v) is 5.48. The molecule has 1 unspecified atom stereocenters. The number of carboxylic acids is 1. The summed E-state index contributed by atoms with van der Waals surface area (Å²) in [7, 11) is 0. The minimum Gasteiger partial charge on any atom is -0.477 e. The normalized spacial score (nSPS) is 26.5. The molecule has 1 fully saturated rings. The van der Waals surface area contributed by atoms with Gasteiger partial charge in [0, 0.05) is 11.5 Å². The van der Waals surface area contributed by atoms with Crippen LogP contribution in [0.25, 0.3) is 0 Å². The van der Waals surface area contributed by atoms with Crippen molar-refractivity contribution < 1.29 is 9.90 Å². The summed E-state index contributed by atoms with van der Waals surface area (Å²) in [4.78, 5) is 19.1. The fraction of sp³-hybridized carbons (Fsp3) is 0.545. The molecule has 1 aromatic rings. The van der Waals surface area contributed by atoms with Crippen LogP contribution >= 0.6 is 11.6 Å². The number of halogens is 1. The molecule has 16 heavy (non-hydrogen) atoms. The van der Waals surface area contributed by atoms with Crippen molar-refractivity contribution in [3.63, 3.8) is 0 Å². The van der Waals surface area contributed by atoms with E-state index < -0.39 is 5.97 Å². The Kier molecular flexibility index (Phi) is 2.24. The molecule has 1 aliphatic carbocycles. The molecule has 5 heteroatoms. The van der Waals surface area contributed by atoms with Crippen LogP contribution in [0.5, 0.6) is 0 Å². The van der Waals surface area contributed by atoms with Crippen LogP contribution in [0.3, 0.4) is 0 Å². The van der Waals surface area contributed by atoms with Gasteiger partial charge in [0.05, 0.1) is 0 Å². The molecule has 0 aromatic carbocycles. The van der Waals surface area contributed by atoms with Gasteiger partial charge in [-0.15, -0.1) is 0 Å². The van der Waals surface area contributed by atoms with Crippen molar-refractivity contribution in [3.8, 4) is 0 Å². The van der Waals surface area contributed by atoms with Gasteiger partial charge in [0.15, 0.2) is 5.69 Å². The summed E-state index contributed by atoms with van der Waals surface area (Å²) >= 11 is 5.81. The Morgan fingerprint density at radius 1 is 1.44 bits per heavy atom. The Morgan fingerprint density at radius 3 is 2.44 bits per heavy atom. The van der Waals surface area contributed by atoms with Gasteiger partial charge in [0.1, 0.15) is 11.0 Å². The lowest BCUT2D eigenvalue weighted by atomic mass is 9.97. The minimum atomic E-state index is -1.08. The molecule has 1 aliphatic rings. The van der Waals surface area contributed by atoms with E-state index in [0.29, 0.717) is 5.82 Å². The van der Waals surface area contributed by atoms with E-state index in [9.17, 15) is 4.79 Å². The first-order valence-corrected chi connectivity index (χ1v) is 5.42. The average molecular weight is 241 g/mol. The summed E-state index contributed by atoms with van der Waals surface area (Å²) in [6.45, 7) is 6.25. The molecular formula is C11H13ClN2O2. The van der Waals surface area contributed by atoms with Gasteiger partial charge in [-0.2, -0.15) is 0 Å². The predicted molar refractivity (Wildman–Crippen MR) is 59.8 cm³/mol. The molecule has 0 spiro atoms. The second-order valence-electron chi connectivity index (χ2n) is 5.10. The first-order chi connectivity index (χ1) is 7.26. The highest BCUT2D eigenvalue weighted by Crippen LogP contribution is 2.63. The van der Waals surface area contributed by atoms with Crippen LogP contribution in [0, 0.1) is 5.41 Å². The van der Waals surface area contributed by atoms with E-state index in [1.807, 2.05) is 6.92 Å². The van der Waals surface area contributed by atoms with Crippen LogP contribution < -0.4 is 0 Å². The Hall–Kier alpha value is -1.16. The summed E-state index contributed by atoms with van der Waals surface area (Å²) in [6.07, 6.45) is 0.944. The van der Waals surface area contributed by atoms with Gasteiger partial charge in [-0.1, -0.05) is 32.4 Å². The smallest absolute Gasteiger partial charge is 0.354 e. The van der Waals surface area contributed by atoms with Gasteiger partial charge in [-0.3, -0.25) is 0 Å². The van der Waals surface area contributed by atoms with E-state index in [2.05, 4.69) is 23.8 Å². The van der Waals surface area contributed by atoms with Crippen molar-refractivity contribution in [1.29, 1.82) is 0 Å². The topological polar surface area (TPSA) is 63.1 Å². The molecule has 1 heterocycles. The van der Waals surface area contributed by atoms with Gasteiger partial charge in [-0.25, -0.2) is 14.8 Å². The van der Waals surface area contributed by atoms with Gasteiger partial charge >= 0.3 is 5.97 Å². The molecule has 1 atom stereocenters. The maximum Gasteiger partial charge on any atom is 0.354 e. The summed E-state index contributed by atoms with van der Waals surface area (Å²) in [6, 6.07) is 1.27. The number of rotatable bonds is 2. The van der Waals surface area contributed by atoms with Gasteiger partial charge in [-0.05, 0) is 11.8 Å².